The fraction of sp³-hybridized carbons (Fsp3) is 0.429. The minimum absolute atomic E-state index is 0.0587. The number of rotatable bonds is 5. The zero-order valence-corrected chi connectivity index (χ0v) is 13.0. The Morgan fingerprint density at radius 3 is 2.57 bits per heavy atom. The summed E-state index contributed by atoms with van der Waals surface area (Å²) in [7, 11) is -3.69. The van der Waals surface area contributed by atoms with Crippen molar-refractivity contribution in [1.82, 2.24) is 0 Å². The van der Waals surface area contributed by atoms with Gasteiger partial charge in [0.15, 0.2) is 9.84 Å². The first-order valence-electron chi connectivity index (χ1n) is 6.34. The molecule has 1 aromatic rings. The smallest absolute Gasteiger partial charge is 0.336 e. The number of nitriles is 1. The molecule has 7 heteroatoms. The second-order valence-corrected chi connectivity index (χ2v) is 7.87. The summed E-state index contributed by atoms with van der Waals surface area (Å²) >= 11 is 5.84. The van der Waals surface area contributed by atoms with E-state index in [0.717, 1.165) is 0 Å². The van der Waals surface area contributed by atoms with E-state index in [1.54, 1.807) is 0 Å². The zero-order valence-electron chi connectivity index (χ0n) is 11.4. The molecule has 0 bridgehead atoms. The van der Waals surface area contributed by atoms with Crippen molar-refractivity contribution < 1.29 is 18.3 Å². The number of hydrogen-bond acceptors (Lipinski definition) is 4. The van der Waals surface area contributed by atoms with Crippen LogP contribution in [-0.2, 0) is 9.84 Å². The lowest BCUT2D eigenvalue weighted by Gasteiger charge is -2.15. The van der Waals surface area contributed by atoms with Crippen LogP contribution >= 0.6 is 11.6 Å². The summed E-state index contributed by atoms with van der Waals surface area (Å²) in [6, 6.07) is 4.53. The Balaban J connectivity index is 2.46. The fourth-order valence-corrected chi connectivity index (χ4v) is 4.91. The van der Waals surface area contributed by atoms with Gasteiger partial charge in [-0.2, -0.15) is 5.26 Å². The minimum Gasteiger partial charge on any atom is -0.478 e. The Kier molecular flexibility index (Phi) is 4.00. The van der Waals surface area contributed by atoms with E-state index in [2.05, 4.69) is 0 Å². The first-order valence-corrected chi connectivity index (χ1v) is 8.37. The number of benzene rings is 1. The molecule has 1 fully saturated rings. The van der Waals surface area contributed by atoms with Gasteiger partial charge in [-0.25, -0.2) is 13.2 Å². The lowest BCUT2D eigenvalue weighted by atomic mass is 10.1. The Morgan fingerprint density at radius 1 is 1.48 bits per heavy atom. The van der Waals surface area contributed by atoms with Gasteiger partial charge in [0.1, 0.15) is 0 Å². The average Bonchev–Trinajstić information content (AvgIpc) is 3.10. The highest BCUT2D eigenvalue weighted by atomic mass is 35.5. The Morgan fingerprint density at radius 2 is 2.10 bits per heavy atom. The lowest BCUT2D eigenvalue weighted by molar-refractivity contribution is 0.0696. The zero-order chi connectivity index (χ0) is 15.8. The summed E-state index contributed by atoms with van der Waals surface area (Å²) in [5, 5.41) is 18.0. The van der Waals surface area contributed by atoms with Gasteiger partial charge >= 0.3 is 5.97 Å². The molecule has 0 amide bonds. The third kappa shape index (κ3) is 3.20. The molecule has 112 valence electrons. The van der Waals surface area contributed by atoms with E-state index in [1.165, 1.54) is 19.1 Å². The van der Waals surface area contributed by atoms with E-state index in [-0.39, 0.29) is 33.2 Å². The number of hydrogen-bond donors (Lipinski definition) is 1. The minimum atomic E-state index is -3.69. The first kappa shape index (κ1) is 15.8. The fourth-order valence-electron chi connectivity index (χ4n) is 2.40. The molecule has 1 aromatic carbocycles. The van der Waals surface area contributed by atoms with Crippen molar-refractivity contribution in [2.45, 2.75) is 31.1 Å². The van der Waals surface area contributed by atoms with Crippen LogP contribution in [0.1, 0.15) is 35.2 Å². The summed E-state index contributed by atoms with van der Waals surface area (Å²) in [6.45, 7) is 1.45. The summed E-state index contributed by atoms with van der Waals surface area (Å²) < 4.78 is 25.1. The van der Waals surface area contributed by atoms with Crippen LogP contribution in [0.5, 0.6) is 0 Å². The number of nitrogens with zero attached hydrogens (tertiary/aromatic N) is 1. The maximum absolute atomic E-state index is 12.5. The van der Waals surface area contributed by atoms with Gasteiger partial charge in [-0.3, -0.25) is 0 Å². The second kappa shape index (κ2) is 5.32. The molecule has 0 radical (unpaired) electrons. The molecule has 1 N–H and O–H groups in total. The molecule has 21 heavy (non-hydrogen) atoms. The van der Waals surface area contributed by atoms with Gasteiger partial charge in [-0.15, -0.1) is 0 Å². The van der Waals surface area contributed by atoms with Crippen molar-refractivity contribution >= 4 is 27.4 Å². The monoisotopic (exact) mass is 327 g/mol. The van der Waals surface area contributed by atoms with Crippen molar-refractivity contribution in [3.63, 3.8) is 0 Å². The van der Waals surface area contributed by atoms with Crippen LogP contribution in [0.2, 0.25) is 5.02 Å². The standard InChI is InChI=1S/C14H14ClNO4S/c1-9-11(13(17)18)6-10(15)7-12(9)21(19,20)8-14(2-3-14)4-5-16/h6-7H,2-4,8H2,1H3,(H,17,18). The van der Waals surface area contributed by atoms with E-state index in [9.17, 15) is 13.2 Å². The highest BCUT2D eigenvalue weighted by Gasteiger charge is 2.46. The largest absolute Gasteiger partial charge is 0.478 e. The van der Waals surface area contributed by atoms with Crippen LogP contribution in [0.3, 0.4) is 0 Å². The number of halogens is 1. The summed E-state index contributed by atoms with van der Waals surface area (Å²) in [5.41, 5.74) is -0.419. The van der Waals surface area contributed by atoms with E-state index in [0.29, 0.717) is 12.8 Å². The van der Waals surface area contributed by atoms with Crippen LogP contribution < -0.4 is 0 Å². The average molecular weight is 328 g/mol. The van der Waals surface area contributed by atoms with E-state index in [4.69, 9.17) is 22.0 Å². The van der Waals surface area contributed by atoms with Crippen molar-refractivity contribution in [2.75, 3.05) is 5.75 Å². The van der Waals surface area contributed by atoms with Crippen molar-refractivity contribution in [2.24, 2.45) is 5.41 Å². The highest BCUT2D eigenvalue weighted by Crippen LogP contribution is 2.50. The van der Waals surface area contributed by atoms with Crippen LogP contribution in [0, 0.1) is 23.7 Å². The number of aromatic carboxylic acids is 1. The summed E-state index contributed by atoms with van der Waals surface area (Å²) in [4.78, 5) is 11.1. The first-order chi connectivity index (χ1) is 9.71. The van der Waals surface area contributed by atoms with Crippen LogP contribution in [0.4, 0.5) is 0 Å². The quantitative estimate of drug-likeness (QED) is 0.897. The van der Waals surface area contributed by atoms with Gasteiger partial charge in [0, 0.05) is 11.4 Å². The molecule has 0 aliphatic heterocycles. The van der Waals surface area contributed by atoms with Gasteiger partial charge < -0.3 is 5.11 Å². The van der Waals surface area contributed by atoms with Crippen molar-refractivity contribution in [3.05, 3.63) is 28.3 Å². The molecule has 0 saturated heterocycles. The van der Waals surface area contributed by atoms with Crippen LogP contribution in [-0.4, -0.2) is 25.2 Å². The number of sulfone groups is 1. The van der Waals surface area contributed by atoms with Gasteiger partial charge in [-0.05, 0) is 42.9 Å². The van der Waals surface area contributed by atoms with Gasteiger partial charge in [0.25, 0.3) is 0 Å². The third-order valence-corrected chi connectivity index (χ3v) is 6.10. The van der Waals surface area contributed by atoms with Crippen LogP contribution in [0.15, 0.2) is 17.0 Å². The van der Waals surface area contributed by atoms with E-state index >= 15 is 0 Å². The van der Waals surface area contributed by atoms with E-state index < -0.39 is 21.2 Å². The highest BCUT2D eigenvalue weighted by molar-refractivity contribution is 7.91. The Labute approximate surface area is 128 Å². The second-order valence-electron chi connectivity index (χ2n) is 5.48. The normalized spacial score (nSPS) is 16.2. The predicted octanol–water partition coefficient (Wildman–Crippen LogP) is 2.81. The number of carboxylic acids is 1. The van der Waals surface area contributed by atoms with Crippen molar-refractivity contribution in [3.8, 4) is 6.07 Å². The Hall–Kier alpha value is -1.58. The van der Waals surface area contributed by atoms with Gasteiger partial charge in [0.05, 0.1) is 22.3 Å². The molecule has 0 atom stereocenters. The summed E-state index contributed by atoms with van der Waals surface area (Å²) in [5.74, 6) is -1.36. The third-order valence-electron chi connectivity index (χ3n) is 3.80. The molecule has 1 saturated carbocycles. The molecule has 2 rings (SSSR count). The molecular formula is C14H14ClNO4S. The van der Waals surface area contributed by atoms with E-state index in [1.807, 2.05) is 6.07 Å². The summed E-state index contributed by atoms with van der Waals surface area (Å²) in [6.07, 6.45) is 1.59. The van der Waals surface area contributed by atoms with Gasteiger partial charge in [0.2, 0.25) is 0 Å². The molecule has 0 aromatic heterocycles. The molecule has 0 unspecified atom stereocenters. The topological polar surface area (TPSA) is 95.2 Å². The van der Waals surface area contributed by atoms with Crippen molar-refractivity contribution in [1.29, 1.82) is 5.26 Å². The molecular weight excluding hydrogens is 314 g/mol. The molecule has 1 aliphatic carbocycles. The molecule has 0 spiro atoms. The predicted molar refractivity (Wildman–Crippen MR) is 77.1 cm³/mol. The Bertz CT molecular complexity index is 745. The number of carboxylic acid groups (broad SMARTS) is 1. The van der Waals surface area contributed by atoms with Gasteiger partial charge in [-0.1, -0.05) is 11.6 Å². The molecule has 0 heterocycles. The number of carbonyl (C=O) groups is 1. The molecule has 5 nitrogen and oxygen atoms in total. The lowest BCUT2D eigenvalue weighted by Crippen LogP contribution is -2.19. The molecule has 1 aliphatic rings. The maximum atomic E-state index is 12.5. The maximum Gasteiger partial charge on any atom is 0.336 e. The SMILES string of the molecule is Cc1c(C(=O)O)cc(Cl)cc1S(=O)(=O)CC1(CC#N)CC1. The van der Waals surface area contributed by atoms with Crippen LogP contribution in [0.25, 0.3) is 0 Å².